The summed E-state index contributed by atoms with van der Waals surface area (Å²) in [5.74, 6) is -0.179. The van der Waals surface area contributed by atoms with E-state index >= 15 is 0 Å². The van der Waals surface area contributed by atoms with Gasteiger partial charge in [-0.25, -0.2) is 13.4 Å². The number of imidazole rings is 1. The number of sulfonamides is 1. The highest BCUT2D eigenvalue weighted by atomic mass is 32.2. The van der Waals surface area contributed by atoms with Gasteiger partial charge < -0.3 is 14.8 Å². The lowest BCUT2D eigenvalue weighted by atomic mass is 10.1. The van der Waals surface area contributed by atoms with Crippen LogP contribution in [0.1, 0.15) is 21.5 Å². The van der Waals surface area contributed by atoms with Crippen LogP contribution in [-0.4, -0.2) is 41.3 Å². The van der Waals surface area contributed by atoms with Gasteiger partial charge in [0, 0.05) is 42.5 Å². The van der Waals surface area contributed by atoms with Crippen molar-refractivity contribution in [3.8, 4) is 0 Å². The number of aromatic nitrogens is 2. The predicted molar refractivity (Wildman–Crippen MR) is 120 cm³/mol. The molecule has 3 aromatic rings. The Morgan fingerprint density at radius 2 is 2.03 bits per heavy atom. The Morgan fingerprint density at radius 3 is 2.87 bits per heavy atom. The molecule has 0 saturated heterocycles. The maximum absolute atomic E-state index is 12.7. The molecule has 10 heteroatoms. The third-order valence-corrected chi connectivity index (χ3v) is 7.41. The first-order valence-corrected chi connectivity index (χ1v) is 12.1. The van der Waals surface area contributed by atoms with Crippen LogP contribution in [0.5, 0.6) is 0 Å². The van der Waals surface area contributed by atoms with E-state index < -0.39 is 10.0 Å². The van der Waals surface area contributed by atoms with Gasteiger partial charge in [0.1, 0.15) is 0 Å². The molecule has 2 aliphatic heterocycles. The van der Waals surface area contributed by atoms with Gasteiger partial charge in [0.2, 0.25) is 0 Å². The first kappa shape index (κ1) is 19.8. The molecule has 0 radical (unpaired) electrons. The summed E-state index contributed by atoms with van der Waals surface area (Å²) >= 11 is 1.28. The molecule has 158 valence electrons. The molecule has 0 atom stereocenters. The van der Waals surface area contributed by atoms with Crippen molar-refractivity contribution in [3.05, 3.63) is 77.9 Å². The fourth-order valence-corrected chi connectivity index (χ4v) is 5.88. The van der Waals surface area contributed by atoms with Crippen LogP contribution in [-0.2, 0) is 23.1 Å². The third-order valence-electron chi connectivity index (χ3n) is 5.10. The Balaban J connectivity index is 1.26. The number of carbonyl (C=O) groups excluding carboxylic acids is 1. The number of anilines is 1. The van der Waals surface area contributed by atoms with Crippen LogP contribution in [0.15, 0.2) is 70.5 Å². The maximum atomic E-state index is 12.7. The van der Waals surface area contributed by atoms with E-state index in [1.807, 2.05) is 39.9 Å². The Bertz CT molecular complexity index is 1290. The van der Waals surface area contributed by atoms with E-state index in [4.69, 9.17) is 0 Å². The molecule has 0 unspecified atom stereocenters. The molecular formula is C21H19N5O3S2. The predicted octanol–water partition coefficient (Wildman–Crippen LogP) is 2.47. The molecule has 1 N–H and O–H groups in total. The highest BCUT2D eigenvalue weighted by Gasteiger charge is 2.33. The molecule has 0 spiro atoms. The van der Waals surface area contributed by atoms with Crippen molar-refractivity contribution in [1.29, 1.82) is 0 Å². The van der Waals surface area contributed by atoms with Crippen LogP contribution < -0.4 is 10.2 Å². The van der Waals surface area contributed by atoms with Gasteiger partial charge in [-0.3, -0.25) is 4.79 Å². The van der Waals surface area contributed by atoms with Crippen molar-refractivity contribution in [2.75, 3.05) is 17.2 Å². The summed E-state index contributed by atoms with van der Waals surface area (Å²) in [6.07, 6.45) is 5.43. The molecule has 0 saturated carbocycles. The van der Waals surface area contributed by atoms with Crippen LogP contribution in [0.2, 0.25) is 0 Å². The van der Waals surface area contributed by atoms with Gasteiger partial charge in [0.25, 0.3) is 15.9 Å². The van der Waals surface area contributed by atoms with Crippen LogP contribution in [0.25, 0.3) is 0 Å². The van der Waals surface area contributed by atoms with Gasteiger partial charge in [0.05, 0.1) is 17.8 Å². The minimum absolute atomic E-state index is 0.00134. The Morgan fingerprint density at radius 1 is 1.16 bits per heavy atom. The topological polar surface area (TPSA) is 96.7 Å². The molecule has 1 amide bonds. The second kappa shape index (κ2) is 7.86. The van der Waals surface area contributed by atoms with Crippen LogP contribution in [0.4, 0.5) is 5.69 Å². The molecule has 8 nitrogen and oxygen atoms in total. The van der Waals surface area contributed by atoms with E-state index in [2.05, 4.69) is 20.8 Å². The van der Waals surface area contributed by atoms with E-state index in [0.29, 0.717) is 23.8 Å². The summed E-state index contributed by atoms with van der Waals surface area (Å²) in [5, 5.41) is 3.41. The number of hydrogen-bond donors (Lipinski definition) is 1. The standard InChI is InChI=1S/C21H19N5O3S2/c27-20(23-12-15-2-1-3-16(10-15)13-25-7-6-22-14-25)17-4-5-18-19(11-17)30-21-24-31(28,29)9-8-26(18)21/h1-7,10-11,14H,8-9,12-13H2,(H,23,27). The van der Waals surface area contributed by atoms with E-state index in [1.54, 1.807) is 24.7 Å². The average molecular weight is 454 g/mol. The summed E-state index contributed by atoms with van der Waals surface area (Å²) in [5.41, 5.74) is 3.57. The summed E-state index contributed by atoms with van der Waals surface area (Å²) in [7, 11) is -3.40. The van der Waals surface area contributed by atoms with Gasteiger partial charge in [-0.05, 0) is 41.1 Å². The second-order valence-electron chi connectivity index (χ2n) is 7.33. The molecule has 2 aliphatic rings. The summed E-state index contributed by atoms with van der Waals surface area (Å²) in [6.45, 7) is 1.51. The van der Waals surface area contributed by atoms with Crippen molar-refractivity contribution < 1.29 is 13.2 Å². The highest BCUT2D eigenvalue weighted by Crippen LogP contribution is 2.42. The summed E-state index contributed by atoms with van der Waals surface area (Å²) in [4.78, 5) is 19.5. The minimum atomic E-state index is -3.40. The van der Waals surface area contributed by atoms with Gasteiger partial charge in [0.15, 0.2) is 5.17 Å². The average Bonchev–Trinajstić information content (AvgIpc) is 3.37. The minimum Gasteiger partial charge on any atom is -0.348 e. The smallest absolute Gasteiger partial charge is 0.257 e. The monoisotopic (exact) mass is 453 g/mol. The number of nitrogens with zero attached hydrogens (tertiary/aromatic N) is 4. The van der Waals surface area contributed by atoms with E-state index in [9.17, 15) is 13.2 Å². The highest BCUT2D eigenvalue weighted by molar-refractivity contribution is 8.15. The quantitative estimate of drug-likeness (QED) is 0.638. The number of amides is 1. The zero-order chi connectivity index (χ0) is 21.4. The van der Waals surface area contributed by atoms with Crippen molar-refractivity contribution in [2.45, 2.75) is 18.0 Å². The van der Waals surface area contributed by atoms with Crippen LogP contribution in [0.3, 0.4) is 0 Å². The van der Waals surface area contributed by atoms with Crippen molar-refractivity contribution in [1.82, 2.24) is 14.9 Å². The number of benzene rings is 2. The fraction of sp³-hybridized carbons (Fsp3) is 0.190. The fourth-order valence-electron chi connectivity index (χ4n) is 3.59. The molecule has 5 rings (SSSR count). The zero-order valence-corrected chi connectivity index (χ0v) is 18.1. The molecule has 3 heterocycles. The number of carbonyl (C=O) groups is 1. The molecule has 0 bridgehead atoms. The zero-order valence-electron chi connectivity index (χ0n) is 16.4. The Labute approximate surface area is 184 Å². The summed E-state index contributed by atoms with van der Waals surface area (Å²) in [6, 6.07) is 13.5. The van der Waals surface area contributed by atoms with E-state index in [-0.39, 0.29) is 11.7 Å². The molecule has 2 aromatic carbocycles. The Kier molecular flexibility index (Phi) is 5.03. The SMILES string of the molecule is O=C(NCc1cccc(Cn2ccnc2)c1)c1ccc2c(c1)SC1=NS(=O)(=O)CCN12. The van der Waals surface area contributed by atoms with E-state index in [1.165, 1.54) is 11.8 Å². The second-order valence-corrected chi connectivity index (χ2v) is 10.1. The number of amidine groups is 1. The van der Waals surface area contributed by atoms with Gasteiger partial charge >= 0.3 is 0 Å². The Hall–Kier alpha value is -3.11. The van der Waals surface area contributed by atoms with Gasteiger partial charge in [-0.2, -0.15) is 0 Å². The third kappa shape index (κ3) is 4.21. The molecule has 1 aromatic heterocycles. The van der Waals surface area contributed by atoms with Crippen LogP contribution >= 0.6 is 11.8 Å². The first-order chi connectivity index (χ1) is 15.0. The lowest BCUT2D eigenvalue weighted by molar-refractivity contribution is 0.0950. The lowest BCUT2D eigenvalue weighted by Crippen LogP contribution is -2.35. The number of nitrogens with one attached hydrogen (secondary N) is 1. The van der Waals surface area contributed by atoms with Crippen molar-refractivity contribution in [3.63, 3.8) is 0 Å². The van der Waals surface area contributed by atoms with Crippen molar-refractivity contribution in [2.24, 2.45) is 4.40 Å². The molecule has 31 heavy (non-hydrogen) atoms. The maximum Gasteiger partial charge on any atom is 0.257 e. The largest absolute Gasteiger partial charge is 0.348 e. The van der Waals surface area contributed by atoms with E-state index in [0.717, 1.165) is 28.3 Å². The molecule has 0 aliphatic carbocycles. The van der Waals surface area contributed by atoms with Crippen molar-refractivity contribution >= 4 is 38.5 Å². The van der Waals surface area contributed by atoms with Gasteiger partial charge in [-0.15, -0.1) is 4.40 Å². The lowest BCUT2D eigenvalue weighted by Gasteiger charge is -2.22. The number of rotatable bonds is 5. The normalized spacial score (nSPS) is 16.4. The molecular weight excluding hydrogens is 434 g/mol. The van der Waals surface area contributed by atoms with Crippen LogP contribution in [0, 0.1) is 0 Å². The first-order valence-electron chi connectivity index (χ1n) is 9.71. The molecule has 0 fully saturated rings. The number of thioether (sulfide) groups is 1. The van der Waals surface area contributed by atoms with Gasteiger partial charge in [-0.1, -0.05) is 24.3 Å². The number of hydrogen-bond acceptors (Lipinski definition) is 6. The number of fused-ring (bicyclic) bond motifs is 3. The summed E-state index contributed by atoms with van der Waals surface area (Å²) < 4.78 is 29.3.